The fraction of sp³-hybridized carbons (Fsp3) is 1.00. The minimum absolute atomic E-state index is 0.164. The van der Waals surface area contributed by atoms with Gasteiger partial charge in [-0.3, -0.25) is 0 Å². The molecule has 2 nitrogen and oxygen atoms in total. The smallest absolute Gasteiger partial charge is 0.0972 e. The summed E-state index contributed by atoms with van der Waals surface area (Å²) in [6, 6.07) is 0.361. The molecule has 0 aromatic heterocycles. The van der Waals surface area contributed by atoms with Gasteiger partial charge in [0.1, 0.15) is 0 Å². The van der Waals surface area contributed by atoms with E-state index in [2.05, 4.69) is 25.5 Å². The Bertz CT molecular complexity index is 172. The average Bonchev–Trinajstić information content (AvgIpc) is 1.96. The first-order valence-electron chi connectivity index (χ1n) is 4.97. The van der Waals surface area contributed by atoms with E-state index in [0.717, 1.165) is 6.42 Å². The third kappa shape index (κ3) is 4.77. The van der Waals surface area contributed by atoms with Gasteiger partial charge in [-0.2, -0.15) is 0 Å². The summed E-state index contributed by atoms with van der Waals surface area (Å²) >= 11 is 0. The van der Waals surface area contributed by atoms with E-state index >= 15 is 0 Å². The van der Waals surface area contributed by atoms with E-state index in [1.807, 2.05) is 20.8 Å². The summed E-state index contributed by atoms with van der Waals surface area (Å²) in [5.74, 6) is 0.538. The summed E-state index contributed by atoms with van der Waals surface area (Å²) in [6.07, 6.45) is 1.03. The van der Waals surface area contributed by atoms with Crippen molar-refractivity contribution in [1.29, 1.82) is 0 Å². The van der Waals surface area contributed by atoms with Crippen molar-refractivity contribution in [3.63, 3.8) is 0 Å². The highest BCUT2D eigenvalue weighted by Gasteiger charge is 2.23. The Kier molecular flexibility index (Phi) is 5.15. The molecule has 0 bridgehead atoms. The number of rotatable bonds is 4. The Labute approximate surface area is 85.1 Å². The number of hydrogen-bond donors (Lipinski definition) is 1. The molecular weight excluding hydrogens is 182 g/mol. The lowest BCUT2D eigenvalue weighted by Gasteiger charge is -2.25. The molecule has 0 aromatic carbocycles. The zero-order valence-electron chi connectivity index (χ0n) is 9.68. The van der Waals surface area contributed by atoms with Crippen molar-refractivity contribution < 1.29 is 4.21 Å². The van der Waals surface area contributed by atoms with Crippen LogP contribution in [0.15, 0.2) is 0 Å². The lowest BCUT2D eigenvalue weighted by Crippen LogP contribution is -2.41. The van der Waals surface area contributed by atoms with Crippen LogP contribution in [0.2, 0.25) is 0 Å². The second-order valence-electron chi connectivity index (χ2n) is 4.76. The van der Waals surface area contributed by atoms with E-state index in [-0.39, 0.29) is 4.75 Å². The van der Waals surface area contributed by atoms with E-state index in [1.54, 1.807) is 0 Å². The highest BCUT2D eigenvalue weighted by molar-refractivity contribution is 7.84. The van der Waals surface area contributed by atoms with Gasteiger partial charge in [0.2, 0.25) is 0 Å². The first kappa shape index (κ1) is 13.1. The summed E-state index contributed by atoms with van der Waals surface area (Å²) in [4.78, 5) is 0. The third-order valence-electron chi connectivity index (χ3n) is 2.06. The van der Waals surface area contributed by atoms with Crippen LogP contribution in [0.3, 0.4) is 0 Å². The van der Waals surface area contributed by atoms with Crippen LogP contribution in [0.4, 0.5) is 0 Å². The van der Waals surface area contributed by atoms with Crippen molar-refractivity contribution in [2.75, 3.05) is 0 Å². The molecule has 0 amide bonds. The standard InChI is InChI=1S/C10H23NOS/c1-7-9(8(2)3)11-13(12)10(4,5)6/h8-9,11H,7H2,1-6H3/t9-,13?/m1/s1. The molecule has 0 saturated heterocycles. The molecule has 13 heavy (non-hydrogen) atoms. The Morgan fingerprint density at radius 3 is 2.00 bits per heavy atom. The van der Waals surface area contributed by atoms with Crippen molar-refractivity contribution >= 4 is 11.0 Å². The molecule has 0 aliphatic rings. The van der Waals surface area contributed by atoms with Crippen LogP contribution < -0.4 is 4.72 Å². The van der Waals surface area contributed by atoms with Gasteiger partial charge in [-0.25, -0.2) is 8.93 Å². The molecule has 1 N–H and O–H groups in total. The molecule has 0 saturated carbocycles. The maximum absolute atomic E-state index is 11.7. The maximum Gasteiger partial charge on any atom is 0.0972 e. The van der Waals surface area contributed by atoms with Crippen LogP contribution in [0.1, 0.15) is 48.0 Å². The van der Waals surface area contributed by atoms with Crippen LogP contribution >= 0.6 is 0 Å². The van der Waals surface area contributed by atoms with E-state index in [4.69, 9.17) is 0 Å². The minimum Gasteiger partial charge on any atom is -0.242 e. The van der Waals surface area contributed by atoms with Crippen molar-refractivity contribution in [3.05, 3.63) is 0 Å². The molecule has 0 aliphatic carbocycles. The van der Waals surface area contributed by atoms with E-state index in [9.17, 15) is 4.21 Å². The molecular formula is C10H23NOS. The molecule has 3 heteroatoms. The Balaban J connectivity index is 4.18. The number of hydrogen-bond acceptors (Lipinski definition) is 1. The quantitative estimate of drug-likeness (QED) is 0.750. The molecule has 0 radical (unpaired) electrons. The zero-order chi connectivity index (χ0) is 10.6. The zero-order valence-corrected chi connectivity index (χ0v) is 10.5. The van der Waals surface area contributed by atoms with Crippen molar-refractivity contribution in [3.8, 4) is 0 Å². The summed E-state index contributed by atoms with van der Waals surface area (Å²) < 4.78 is 14.8. The van der Waals surface area contributed by atoms with Crippen LogP contribution in [-0.4, -0.2) is 15.0 Å². The van der Waals surface area contributed by atoms with Crippen molar-refractivity contribution in [1.82, 2.24) is 4.72 Å². The topological polar surface area (TPSA) is 29.1 Å². The molecule has 0 aromatic rings. The van der Waals surface area contributed by atoms with Gasteiger partial charge in [0.05, 0.1) is 15.7 Å². The lowest BCUT2D eigenvalue weighted by atomic mass is 10.0. The molecule has 1 unspecified atom stereocenters. The second-order valence-corrected chi connectivity index (χ2v) is 6.76. The molecule has 2 atom stereocenters. The van der Waals surface area contributed by atoms with Gasteiger partial charge in [-0.15, -0.1) is 0 Å². The highest BCUT2D eigenvalue weighted by atomic mass is 32.2. The van der Waals surface area contributed by atoms with Gasteiger partial charge >= 0.3 is 0 Å². The van der Waals surface area contributed by atoms with Crippen LogP contribution in [0.25, 0.3) is 0 Å². The summed E-state index contributed by atoms with van der Waals surface area (Å²) in [5.41, 5.74) is 0. The van der Waals surface area contributed by atoms with Gasteiger partial charge in [-0.05, 0) is 33.1 Å². The molecule has 0 fully saturated rings. The molecule has 0 spiro atoms. The lowest BCUT2D eigenvalue weighted by molar-refractivity contribution is 0.445. The Morgan fingerprint density at radius 2 is 1.77 bits per heavy atom. The fourth-order valence-corrected chi connectivity index (χ4v) is 2.07. The van der Waals surface area contributed by atoms with E-state index in [0.29, 0.717) is 12.0 Å². The van der Waals surface area contributed by atoms with E-state index < -0.39 is 11.0 Å². The normalized spacial score (nSPS) is 17.5. The fourth-order valence-electron chi connectivity index (χ4n) is 1.01. The van der Waals surface area contributed by atoms with Crippen LogP contribution in [0.5, 0.6) is 0 Å². The van der Waals surface area contributed by atoms with Gasteiger partial charge in [-0.1, -0.05) is 20.8 Å². The molecule has 0 rings (SSSR count). The van der Waals surface area contributed by atoms with Crippen LogP contribution in [0, 0.1) is 5.92 Å². The van der Waals surface area contributed by atoms with E-state index in [1.165, 1.54) is 0 Å². The second kappa shape index (κ2) is 5.11. The van der Waals surface area contributed by atoms with Gasteiger partial charge in [0, 0.05) is 6.04 Å². The monoisotopic (exact) mass is 205 g/mol. The highest BCUT2D eigenvalue weighted by Crippen LogP contribution is 2.13. The largest absolute Gasteiger partial charge is 0.242 e. The van der Waals surface area contributed by atoms with Gasteiger partial charge < -0.3 is 0 Å². The maximum atomic E-state index is 11.7. The Morgan fingerprint density at radius 1 is 1.31 bits per heavy atom. The predicted molar refractivity (Wildman–Crippen MR) is 59.9 cm³/mol. The Hall–Kier alpha value is 0.110. The van der Waals surface area contributed by atoms with Crippen molar-refractivity contribution in [2.24, 2.45) is 5.92 Å². The summed E-state index contributed by atoms with van der Waals surface area (Å²) in [7, 11) is -0.938. The van der Waals surface area contributed by atoms with Crippen LogP contribution in [-0.2, 0) is 11.0 Å². The molecule has 0 aliphatic heterocycles. The summed E-state index contributed by atoms with van der Waals surface area (Å²) in [5, 5.41) is 0. The predicted octanol–water partition coefficient (Wildman–Crippen LogP) is 2.47. The first-order valence-corrected chi connectivity index (χ1v) is 6.12. The molecule has 80 valence electrons. The molecule has 0 heterocycles. The summed E-state index contributed by atoms with van der Waals surface area (Å²) in [6.45, 7) is 12.4. The first-order chi connectivity index (χ1) is 5.79. The minimum atomic E-state index is -0.938. The number of nitrogens with one attached hydrogen (secondary N) is 1. The average molecular weight is 205 g/mol. The van der Waals surface area contributed by atoms with Crippen molar-refractivity contribution in [2.45, 2.75) is 58.8 Å². The van der Waals surface area contributed by atoms with Gasteiger partial charge in [0.15, 0.2) is 0 Å². The SMILES string of the molecule is CC[C@@H](NS(=O)C(C)(C)C)C(C)C. The third-order valence-corrected chi connectivity index (χ3v) is 3.69. The van der Waals surface area contributed by atoms with Gasteiger partial charge in [0.25, 0.3) is 0 Å².